The van der Waals surface area contributed by atoms with Crippen molar-refractivity contribution in [2.75, 3.05) is 13.1 Å². The molecule has 0 aliphatic heterocycles. The van der Waals surface area contributed by atoms with Crippen LogP contribution in [0.2, 0.25) is 0 Å². The van der Waals surface area contributed by atoms with Crippen molar-refractivity contribution < 1.29 is 13.0 Å². The Labute approximate surface area is 60.1 Å². The van der Waals surface area contributed by atoms with E-state index in [1.54, 1.807) is 0 Å². The topological polar surface area (TPSA) is 106 Å². The van der Waals surface area contributed by atoms with Crippen LogP contribution in [-0.4, -0.2) is 31.3 Å². The molecule has 6 heteroatoms. The van der Waals surface area contributed by atoms with E-state index in [2.05, 4.69) is 0 Å². The standard InChI is InChI=1S/C4H12N2O3S/c5-2-1-4(3-6)10(7,8)9/h4H,1-3,5-6H2,(H,7,8,9). The second kappa shape index (κ2) is 3.87. The van der Waals surface area contributed by atoms with Crippen molar-refractivity contribution in [2.24, 2.45) is 11.5 Å². The highest BCUT2D eigenvalue weighted by molar-refractivity contribution is 7.86. The molecule has 1 atom stereocenters. The SMILES string of the molecule is NCCC(CN)S(=O)(=O)O. The minimum atomic E-state index is -3.98. The Kier molecular flexibility index (Phi) is 3.80. The first-order valence-electron chi connectivity index (χ1n) is 2.88. The van der Waals surface area contributed by atoms with Crippen molar-refractivity contribution in [2.45, 2.75) is 11.7 Å². The van der Waals surface area contributed by atoms with Gasteiger partial charge in [-0.25, -0.2) is 0 Å². The summed E-state index contributed by atoms with van der Waals surface area (Å²) in [5.74, 6) is 0. The molecule has 62 valence electrons. The maximum Gasteiger partial charge on any atom is 0.269 e. The predicted molar refractivity (Wildman–Crippen MR) is 38.1 cm³/mol. The van der Waals surface area contributed by atoms with Crippen LogP contribution < -0.4 is 11.5 Å². The van der Waals surface area contributed by atoms with Crippen molar-refractivity contribution in [3.63, 3.8) is 0 Å². The van der Waals surface area contributed by atoms with E-state index >= 15 is 0 Å². The highest BCUT2D eigenvalue weighted by Crippen LogP contribution is 1.99. The van der Waals surface area contributed by atoms with Crippen molar-refractivity contribution in [1.82, 2.24) is 0 Å². The van der Waals surface area contributed by atoms with Gasteiger partial charge < -0.3 is 11.5 Å². The first kappa shape index (κ1) is 9.83. The maximum absolute atomic E-state index is 10.4. The molecule has 0 bridgehead atoms. The molecule has 0 saturated carbocycles. The van der Waals surface area contributed by atoms with Crippen LogP contribution >= 0.6 is 0 Å². The summed E-state index contributed by atoms with van der Waals surface area (Å²) in [6.45, 7) is 0.123. The van der Waals surface area contributed by atoms with E-state index in [1.807, 2.05) is 0 Å². The van der Waals surface area contributed by atoms with E-state index in [1.165, 1.54) is 0 Å². The lowest BCUT2D eigenvalue weighted by Crippen LogP contribution is -2.31. The van der Waals surface area contributed by atoms with Crippen LogP contribution in [0.5, 0.6) is 0 Å². The third-order valence-corrected chi connectivity index (χ3v) is 2.44. The molecular formula is C4H12N2O3S. The van der Waals surface area contributed by atoms with Crippen molar-refractivity contribution in [3.05, 3.63) is 0 Å². The summed E-state index contributed by atoms with van der Waals surface area (Å²) in [7, 11) is -3.98. The highest BCUT2D eigenvalue weighted by Gasteiger charge is 2.19. The van der Waals surface area contributed by atoms with Crippen LogP contribution in [0.15, 0.2) is 0 Å². The van der Waals surface area contributed by atoms with E-state index in [0.29, 0.717) is 0 Å². The summed E-state index contributed by atoms with van der Waals surface area (Å²) in [6, 6.07) is 0. The lowest BCUT2D eigenvalue weighted by Gasteiger charge is -2.08. The summed E-state index contributed by atoms with van der Waals surface area (Å²) in [4.78, 5) is 0. The number of rotatable bonds is 4. The van der Waals surface area contributed by atoms with Crippen LogP contribution in [0.1, 0.15) is 6.42 Å². The van der Waals surface area contributed by atoms with E-state index in [4.69, 9.17) is 16.0 Å². The monoisotopic (exact) mass is 168 g/mol. The third-order valence-electron chi connectivity index (χ3n) is 1.17. The minimum absolute atomic E-state index is 0.0873. The highest BCUT2D eigenvalue weighted by atomic mass is 32.2. The molecule has 5 N–H and O–H groups in total. The van der Waals surface area contributed by atoms with Gasteiger partial charge in [-0.2, -0.15) is 8.42 Å². The van der Waals surface area contributed by atoms with Crippen LogP contribution in [0, 0.1) is 0 Å². The van der Waals surface area contributed by atoms with E-state index < -0.39 is 15.4 Å². The Balaban J connectivity index is 4.08. The van der Waals surface area contributed by atoms with E-state index in [-0.39, 0.29) is 19.5 Å². The van der Waals surface area contributed by atoms with Gasteiger partial charge in [0.05, 0.1) is 5.25 Å². The summed E-state index contributed by atoms with van der Waals surface area (Å²) in [5, 5.41) is -0.905. The number of hydrogen-bond acceptors (Lipinski definition) is 4. The molecule has 0 saturated heterocycles. The van der Waals surface area contributed by atoms with Gasteiger partial charge in [0.15, 0.2) is 0 Å². The average molecular weight is 168 g/mol. The summed E-state index contributed by atoms with van der Waals surface area (Å²) in [6.07, 6.45) is 0.204. The Hall–Kier alpha value is -0.170. The lowest BCUT2D eigenvalue weighted by molar-refractivity contribution is 0.463. The average Bonchev–Trinajstić information content (AvgIpc) is 1.80. The van der Waals surface area contributed by atoms with Gasteiger partial charge in [0.1, 0.15) is 0 Å². The van der Waals surface area contributed by atoms with Crippen LogP contribution in [0.3, 0.4) is 0 Å². The molecule has 10 heavy (non-hydrogen) atoms. The smallest absolute Gasteiger partial charge is 0.269 e. The minimum Gasteiger partial charge on any atom is -0.330 e. The van der Waals surface area contributed by atoms with Gasteiger partial charge in [0, 0.05) is 6.54 Å². The first-order valence-corrected chi connectivity index (χ1v) is 4.39. The molecule has 0 aliphatic rings. The Morgan fingerprint density at radius 3 is 2.00 bits per heavy atom. The fraction of sp³-hybridized carbons (Fsp3) is 1.00. The molecule has 0 spiro atoms. The maximum atomic E-state index is 10.4. The zero-order valence-electron chi connectivity index (χ0n) is 5.53. The van der Waals surface area contributed by atoms with Gasteiger partial charge in [0.25, 0.3) is 10.1 Å². The summed E-state index contributed by atoms with van der Waals surface area (Å²) < 4.78 is 29.2. The van der Waals surface area contributed by atoms with Crippen molar-refractivity contribution in [3.8, 4) is 0 Å². The Morgan fingerprint density at radius 1 is 1.40 bits per heavy atom. The number of hydrogen-bond donors (Lipinski definition) is 3. The molecule has 0 aliphatic carbocycles. The Morgan fingerprint density at radius 2 is 1.90 bits per heavy atom. The largest absolute Gasteiger partial charge is 0.330 e. The van der Waals surface area contributed by atoms with Gasteiger partial charge in [-0.05, 0) is 13.0 Å². The lowest BCUT2D eigenvalue weighted by atomic mass is 10.3. The van der Waals surface area contributed by atoms with Gasteiger partial charge in [-0.15, -0.1) is 0 Å². The predicted octanol–water partition coefficient (Wildman–Crippen LogP) is -1.45. The Bertz CT molecular complexity index is 177. The molecule has 0 aromatic heterocycles. The number of nitrogens with two attached hydrogens (primary N) is 2. The van der Waals surface area contributed by atoms with Gasteiger partial charge in [0.2, 0.25) is 0 Å². The molecule has 0 fully saturated rings. The molecule has 0 aromatic carbocycles. The fourth-order valence-electron chi connectivity index (χ4n) is 0.574. The van der Waals surface area contributed by atoms with Crippen molar-refractivity contribution in [1.29, 1.82) is 0 Å². The molecule has 0 radical (unpaired) electrons. The molecular weight excluding hydrogens is 156 g/mol. The van der Waals surface area contributed by atoms with E-state index in [9.17, 15) is 8.42 Å². The molecule has 1 unspecified atom stereocenters. The fourth-order valence-corrected chi connectivity index (χ4v) is 1.25. The molecule has 0 amide bonds. The zero-order chi connectivity index (χ0) is 8.20. The van der Waals surface area contributed by atoms with Crippen LogP contribution in [0.25, 0.3) is 0 Å². The normalized spacial score (nSPS) is 15.1. The summed E-state index contributed by atoms with van der Waals surface area (Å²) >= 11 is 0. The van der Waals surface area contributed by atoms with Gasteiger partial charge >= 0.3 is 0 Å². The van der Waals surface area contributed by atoms with Gasteiger partial charge in [-0.1, -0.05) is 0 Å². The van der Waals surface area contributed by atoms with Crippen LogP contribution in [0.4, 0.5) is 0 Å². The van der Waals surface area contributed by atoms with Crippen LogP contribution in [-0.2, 0) is 10.1 Å². The zero-order valence-corrected chi connectivity index (χ0v) is 6.34. The second-order valence-electron chi connectivity index (χ2n) is 1.95. The molecule has 0 heterocycles. The summed E-state index contributed by atoms with van der Waals surface area (Å²) in [5.41, 5.74) is 10.1. The molecule has 0 rings (SSSR count). The quantitative estimate of drug-likeness (QED) is 0.445. The first-order chi connectivity index (χ1) is 4.52. The van der Waals surface area contributed by atoms with Crippen molar-refractivity contribution >= 4 is 10.1 Å². The third kappa shape index (κ3) is 3.11. The molecule has 0 aromatic rings. The second-order valence-corrected chi connectivity index (χ2v) is 3.65. The molecule has 5 nitrogen and oxygen atoms in total. The van der Waals surface area contributed by atoms with Gasteiger partial charge in [-0.3, -0.25) is 4.55 Å². The van der Waals surface area contributed by atoms with E-state index in [0.717, 1.165) is 0 Å².